The monoisotopic (exact) mass is 616 g/mol. The van der Waals surface area contributed by atoms with E-state index in [1.807, 2.05) is 44.2 Å². The van der Waals surface area contributed by atoms with E-state index in [2.05, 4.69) is 4.99 Å². The van der Waals surface area contributed by atoms with E-state index in [4.69, 9.17) is 18.9 Å². The fourth-order valence-corrected chi connectivity index (χ4v) is 6.07. The predicted molar refractivity (Wildman–Crippen MR) is 166 cm³/mol. The van der Waals surface area contributed by atoms with Crippen LogP contribution >= 0.6 is 11.3 Å². The fraction of sp³-hybridized carbons (Fsp3) is 0.265. The van der Waals surface area contributed by atoms with Crippen molar-refractivity contribution in [2.75, 3.05) is 19.8 Å². The summed E-state index contributed by atoms with van der Waals surface area (Å²) in [5.41, 5.74) is 2.53. The molecule has 1 atom stereocenters. The molecule has 0 radical (unpaired) electrons. The zero-order chi connectivity index (χ0) is 31.2. The van der Waals surface area contributed by atoms with Crippen LogP contribution in [-0.2, 0) is 16.1 Å². The number of hydrogen-bond acceptors (Lipinski definition) is 8. The van der Waals surface area contributed by atoms with Gasteiger partial charge in [0.15, 0.2) is 16.3 Å². The molecule has 0 saturated carbocycles. The van der Waals surface area contributed by atoms with Crippen LogP contribution in [0, 0.1) is 5.82 Å². The van der Waals surface area contributed by atoms with E-state index in [-0.39, 0.29) is 30.2 Å². The van der Waals surface area contributed by atoms with E-state index in [0.29, 0.717) is 62.2 Å². The van der Waals surface area contributed by atoms with Crippen LogP contribution in [0.2, 0.25) is 0 Å². The Morgan fingerprint density at radius 2 is 1.70 bits per heavy atom. The van der Waals surface area contributed by atoms with Crippen LogP contribution in [0.5, 0.6) is 17.2 Å². The summed E-state index contributed by atoms with van der Waals surface area (Å²) in [4.78, 5) is 32.4. The second-order valence-electron chi connectivity index (χ2n) is 9.83. The Bertz CT molecular complexity index is 1890. The maximum Gasteiger partial charge on any atom is 0.338 e. The first-order valence-electron chi connectivity index (χ1n) is 14.4. The highest BCUT2D eigenvalue weighted by atomic mass is 32.1. The first-order chi connectivity index (χ1) is 21.3. The van der Waals surface area contributed by atoms with Gasteiger partial charge >= 0.3 is 5.97 Å². The molecule has 3 aromatic carbocycles. The third-order valence-corrected chi connectivity index (χ3v) is 7.86. The summed E-state index contributed by atoms with van der Waals surface area (Å²) >= 11 is 1.23. The number of fused-ring (bicyclic) bond motifs is 1. The summed E-state index contributed by atoms with van der Waals surface area (Å²) in [5, 5.41) is 0. The lowest BCUT2D eigenvalue weighted by Gasteiger charge is -2.26. The number of rotatable bonds is 11. The highest BCUT2D eigenvalue weighted by Gasteiger charge is 2.35. The van der Waals surface area contributed by atoms with Crippen molar-refractivity contribution in [1.29, 1.82) is 0 Å². The number of esters is 1. The lowest BCUT2D eigenvalue weighted by Crippen LogP contribution is -2.40. The molecule has 2 heterocycles. The minimum atomic E-state index is -0.784. The Morgan fingerprint density at radius 1 is 0.932 bits per heavy atom. The van der Waals surface area contributed by atoms with Crippen molar-refractivity contribution < 1.29 is 28.1 Å². The molecule has 0 saturated heterocycles. The van der Waals surface area contributed by atoms with Gasteiger partial charge in [-0.2, -0.15) is 0 Å². The van der Waals surface area contributed by atoms with E-state index >= 15 is 0 Å². The Morgan fingerprint density at radius 3 is 2.45 bits per heavy atom. The predicted octanol–water partition coefficient (Wildman–Crippen LogP) is 5.31. The molecule has 0 fully saturated rings. The Labute approximate surface area is 258 Å². The van der Waals surface area contributed by atoms with Gasteiger partial charge in [-0.05, 0) is 75.2 Å². The van der Waals surface area contributed by atoms with Crippen molar-refractivity contribution in [2.24, 2.45) is 4.99 Å². The van der Waals surface area contributed by atoms with Gasteiger partial charge in [-0.25, -0.2) is 14.2 Å². The van der Waals surface area contributed by atoms with Gasteiger partial charge in [0, 0.05) is 5.56 Å². The summed E-state index contributed by atoms with van der Waals surface area (Å²) in [5.74, 6) is 0.697. The first kappa shape index (κ1) is 30.7. The number of carbonyl (C=O) groups excluding carboxylic acids is 1. The molecule has 44 heavy (non-hydrogen) atoms. The Kier molecular flexibility index (Phi) is 9.59. The second-order valence-corrected chi connectivity index (χ2v) is 10.8. The normalized spacial score (nSPS) is 14.6. The van der Waals surface area contributed by atoms with Gasteiger partial charge in [0.1, 0.15) is 24.2 Å². The third kappa shape index (κ3) is 6.45. The summed E-state index contributed by atoms with van der Waals surface area (Å²) in [6.45, 7) is 8.40. The minimum absolute atomic E-state index is 0.168. The lowest BCUT2D eigenvalue weighted by molar-refractivity contribution is -0.139. The SMILES string of the molecule is CCOC(=O)C1=C(C)N=c2s/c(=C\c3ccc(OCc4cccc(F)c4)c(OCC)c3)c(=O)n2[C@@H]1c1ccccc1OCC. The molecule has 228 valence electrons. The van der Waals surface area contributed by atoms with Crippen LogP contribution in [-0.4, -0.2) is 30.4 Å². The number of allylic oxidation sites excluding steroid dienone is 1. The fourth-order valence-electron chi connectivity index (χ4n) is 5.02. The summed E-state index contributed by atoms with van der Waals surface area (Å²) < 4.78 is 38.7. The van der Waals surface area contributed by atoms with Crippen LogP contribution < -0.4 is 29.1 Å². The molecule has 0 unspecified atom stereocenters. The highest BCUT2D eigenvalue weighted by Crippen LogP contribution is 2.36. The van der Waals surface area contributed by atoms with Crippen LogP contribution in [0.4, 0.5) is 4.39 Å². The number of halogens is 1. The van der Waals surface area contributed by atoms with Crippen molar-refractivity contribution >= 4 is 23.4 Å². The molecule has 1 aliphatic rings. The standard InChI is InChI=1S/C34H33FN2O6S/c1-5-40-26-14-9-8-13-25(26)31-30(33(39)42-7-3)21(4)36-34-37(31)32(38)29(44-34)19-22-15-16-27(28(18-22)41-6-2)43-20-23-11-10-12-24(35)17-23/h8-19,31H,5-7,20H2,1-4H3/b29-19-/t31-/m1/s1. The van der Waals surface area contributed by atoms with Crippen molar-refractivity contribution in [1.82, 2.24) is 4.57 Å². The molecule has 10 heteroatoms. The van der Waals surface area contributed by atoms with Crippen LogP contribution in [0.25, 0.3) is 6.08 Å². The molecule has 0 N–H and O–H groups in total. The molecular formula is C34H33FN2O6S. The van der Waals surface area contributed by atoms with E-state index in [1.54, 1.807) is 44.2 Å². The molecule has 0 aliphatic carbocycles. The summed E-state index contributed by atoms with van der Waals surface area (Å²) in [7, 11) is 0. The van der Waals surface area contributed by atoms with Crippen molar-refractivity contribution in [2.45, 2.75) is 40.3 Å². The molecule has 0 spiro atoms. The van der Waals surface area contributed by atoms with Gasteiger partial charge in [0.25, 0.3) is 5.56 Å². The maximum atomic E-state index is 14.0. The van der Waals surface area contributed by atoms with Crippen LogP contribution in [0.15, 0.2) is 87.8 Å². The quantitative estimate of drug-likeness (QED) is 0.212. The van der Waals surface area contributed by atoms with Gasteiger partial charge < -0.3 is 18.9 Å². The number of benzene rings is 3. The molecule has 1 aliphatic heterocycles. The van der Waals surface area contributed by atoms with Crippen molar-refractivity contribution in [3.8, 4) is 17.2 Å². The molecule has 8 nitrogen and oxygen atoms in total. The number of aromatic nitrogens is 1. The lowest BCUT2D eigenvalue weighted by atomic mass is 9.95. The zero-order valence-electron chi connectivity index (χ0n) is 25.0. The van der Waals surface area contributed by atoms with E-state index in [0.717, 1.165) is 0 Å². The Balaban J connectivity index is 1.58. The molecule has 1 aromatic heterocycles. The van der Waals surface area contributed by atoms with Crippen LogP contribution in [0.1, 0.15) is 50.4 Å². The molecule has 5 rings (SSSR count). The maximum absolute atomic E-state index is 14.0. The average Bonchev–Trinajstić information content (AvgIpc) is 3.30. The van der Waals surface area contributed by atoms with Crippen molar-refractivity contribution in [3.63, 3.8) is 0 Å². The Hall–Kier alpha value is -4.70. The van der Waals surface area contributed by atoms with Crippen LogP contribution in [0.3, 0.4) is 0 Å². The first-order valence-corrected chi connectivity index (χ1v) is 15.2. The number of ether oxygens (including phenoxy) is 4. The van der Waals surface area contributed by atoms with Crippen molar-refractivity contribution in [3.05, 3.63) is 120 Å². The van der Waals surface area contributed by atoms with Gasteiger partial charge in [-0.1, -0.05) is 47.7 Å². The van der Waals surface area contributed by atoms with Gasteiger partial charge in [-0.15, -0.1) is 0 Å². The third-order valence-electron chi connectivity index (χ3n) is 6.88. The van der Waals surface area contributed by atoms with E-state index in [9.17, 15) is 14.0 Å². The van der Waals surface area contributed by atoms with Gasteiger partial charge in [0.05, 0.1) is 35.6 Å². The topological polar surface area (TPSA) is 88.4 Å². The zero-order valence-corrected chi connectivity index (χ0v) is 25.8. The van der Waals surface area contributed by atoms with Gasteiger partial charge in [0.2, 0.25) is 0 Å². The average molecular weight is 617 g/mol. The largest absolute Gasteiger partial charge is 0.494 e. The number of carbonyl (C=O) groups is 1. The number of thiazole rings is 1. The number of hydrogen-bond donors (Lipinski definition) is 0. The van der Waals surface area contributed by atoms with Gasteiger partial charge in [-0.3, -0.25) is 9.36 Å². The number of para-hydroxylation sites is 1. The molecular weight excluding hydrogens is 583 g/mol. The molecule has 4 aromatic rings. The van der Waals surface area contributed by atoms with E-state index < -0.39 is 12.0 Å². The number of nitrogens with zero attached hydrogens (tertiary/aromatic N) is 2. The molecule has 0 bridgehead atoms. The van der Waals surface area contributed by atoms with E-state index in [1.165, 1.54) is 28.0 Å². The minimum Gasteiger partial charge on any atom is -0.494 e. The molecule has 0 amide bonds. The summed E-state index contributed by atoms with van der Waals surface area (Å²) in [6.07, 6.45) is 1.76. The smallest absolute Gasteiger partial charge is 0.338 e. The summed E-state index contributed by atoms with van der Waals surface area (Å²) in [6, 6.07) is 18.2. The highest BCUT2D eigenvalue weighted by molar-refractivity contribution is 7.07. The second kappa shape index (κ2) is 13.7.